The van der Waals surface area contributed by atoms with Crippen LogP contribution in [0.3, 0.4) is 0 Å². The van der Waals surface area contributed by atoms with Gasteiger partial charge in [0.1, 0.15) is 0 Å². The topological polar surface area (TPSA) is 50.4 Å². The number of rotatable bonds is 6. The maximum absolute atomic E-state index is 11.6. The number of anilines is 1. The SMILES string of the molecule is CCNc1ccc(C(=O)NCCOC)cc1. The summed E-state index contributed by atoms with van der Waals surface area (Å²) < 4.78 is 4.85. The van der Waals surface area contributed by atoms with E-state index in [9.17, 15) is 4.79 Å². The molecule has 0 fully saturated rings. The average molecular weight is 222 g/mol. The molecule has 2 N–H and O–H groups in total. The minimum Gasteiger partial charge on any atom is -0.385 e. The maximum atomic E-state index is 11.6. The van der Waals surface area contributed by atoms with Crippen LogP contribution in [0.15, 0.2) is 24.3 Å². The van der Waals surface area contributed by atoms with Gasteiger partial charge in [-0.1, -0.05) is 0 Å². The van der Waals surface area contributed by atoms with Gasteiger partial charge in [-0.15, -0.1) is 0 Å². The molecule has 0 atom stereocenters. The lowest BCUT2D eigenvalue weighted by atomic mass is 10.2. The summed E-state index contributed by atoms with van der Waals surface area (Å²) in [6.07, 6.45) is 0. The Morgan fingerprint density at radius 1 is 1.31 bits per heavy atom. The van der Waals surface area contributed by atoms with Crippen molar-refractivity contribution >= 4 is 11.6 Å². The molecule has 4 nitrogen and oxygen atoms in total. The van der Waals surface area contributed by atoms with Gasteiger partial charge in [0, 0.05) is 31.5 Å². The molecule has 1 aromatic rings. The van der Waals surface area contributed by atoms with Gasteiger partial charge in [-0.2, -0.15) is 0 Å². The maximum Gasteiger partial charge on any atom is 0.251 e. The average Bonchev–Trinajstić information content (AvgIpc) is 2.30. The quantitative estimate of drug-likeness (QED) is 0.717. The van der Waals surface area contributed by atoms with Crippen molar-refractivity contribution in [2.45, 2.75) is 6.92 Å². The van der Waals surface area contributed by atoms with Gasteiger partial charge < -0.3 is 15.4 Å². The second kappa shape index (κ2) is 6.85. The zero-order valence-electron chi connectivity index (χ0n) is 9.75. The summed E-state index contributed by atoms with van der Waals surface area (Å²) in [5, 5.41) is 5.94. The van der Waals surface area contributed by atoms with Crippen molar-refractivity contribution in [1.82, 2.24) is 5.32 Å². The van der Waals surface area contributed by atoms with E-state index >= 15 is 0 Å². The largest absolute Gasteiger partial charge is 0.385 e. The highest BCUT2D eigenvalue weighted by molar-refractivity contribution is 5.94. The van der Waals surface area contributed by atoms with E-state index < -0.39 is 0 Å². The number of ether oxygens (including phenoxy) is 1. The van der Waals surface area contributed by atoms with Crippen LogP contribution in [0.4, 0.5) is 5.69 Å². The molecule has 1 rings (SSSR count). The first kappa shape index (κ1) is 12.5. The van der Waals surface area contributed by atoms with Gasteiger partial charge in [-0.25, -0.2) is 0 Å². The fourth-order valence-corrected chi connectivity index (χ4v) is 1.31. The molecule has 88 valence electrons. The third-order valence-electron chi connectivity index (χ3n) is 2.12. The van der Waals surface area contributed by atoms with Gasteiger partial charge in [0.2, 0.25) is 0 Å². The van der Waals surface area contributed by atoms with E-state index in [4.69, 9.17) is 4.74 Å². The number of nitrogens with one attached hydrogen (secondary N) is 2. The highest BCUT2D eigenvalue weighted by Crippen LogP contribution is 2.08. The van der Waals surface area contributed by atoms with Crippen LogP contribution in [0.5, 0.6) is 0 Å². The van der Waals surface area contributed by atoms with Crippen LogP contribution in [-0.2, 0) is 4.74 Å². The molecule has 1 aromatic carbocycles. The Bertz CT molecular complexity index is 322. The normalized spacial score (nSPS) is 9.88. The molecule has 0 bridgehead atoms. The predicted octanol–water partition coefficient (Wildman–Crippen LogP) is 1.49. The lowest BCUT2D eigenvalue weighted by Gasteiger charge is -2.06. The van der Waals surface area contributed by atoms with Crippen LogP contribution in [0.25, 0.3) is 0 Å². The van der Waals surface area contributed by atoms with Gasteiger partial charge >= 0.3 is 0 Å². The van der Waals surface area contributed by atoms with Crippen molar-refractivity contribution in [3.05, 3.63) is 29.8 Å². The summed E-state index contributed by atoms with van der Waals surface area (Å²) in [4.78, 5) is 11.6. The molecule has 0 aliphatic rings. The fourth-order valence-electron chi connectivity index (χ4n) is 1.31. The first-order valence-electron chi connectivity index (χ1n) is 5.39. The molecule has 1 amide bonds. The number of carbonyl (C=O) groups is 1. The Balaban J connectivity index is 2.49. The van der Waals surface area contributed by atoms with Gasteiger partial charge in [-0.05, 0) is 31.2 Å². The highest BCUT2D eigenvalue weighted by atomic mass is 16.5. The molecule has 4 heteroatoms. The van der Waals surface area contributed by atoms with E-state index in [2.05, 4.69) is 10.6 Å². The van der Waals surface area contributed by atoms with E-state index in [-0.39, 0.29) is 5.91 Å². The van der Waals surface area contributed by atoms with Gasteiger partial charge in [0.05, 0.1) is 6.61 Å². The van der Waals surface area contributed by atoms with Crippen LogP contribution in [0.2, 0.25) is 0 Å². The molecular weight excluding hydrogens is 204 g/mol. The van der Waals surface area contributed by atoms with Crippen LogP contribution in [0, 0.1) is 0 Å². The predicted molar refractivity (Wildman–Crippen MR) is 64.8 cm³/mol. The molecule has 0 aromatic heterocycles. The summed E-state index contributed by atoms with van der Waals surface area (Å²) in [5.74, 6) is -0.0694. The number of carbonyl (C=O) groups excluding carboxylic acids is 1. The Hall–Kier alpha value is -1.55. The van der Waals surface area contributed by atoms with Crippen molar-refractivity contribution in [3.63, 3.8) is 0 Å². The molecule has 16 heavy (non-hydrogen) atoms. The van der Waals surface area contributed by atoms with Gasteiger partial charge in [-0.3, -0.25) is 4.79 Å². The van der Waals surface area contributed by atoms with E-state index in [1.807, 2.05) is 19.1 Å². The molecule has 0 radical (unpaired) electrons. The third kappa shape index (κ3) is 3.90. The van der Waals surface area contributed by atoms with Gasteiger partial charge in [0.25, 0.3) is 5.91 Å². The summed E-state index contributed by atoms with van der Waals surface area (Å²) in [5.41, 5.74) is 1.69. The first-order chi connectivity index (χ1) is 7.77. The van der Waals surface area contributed by atoms with Crippen LogP contribution < -0.4 is 10.6 Å². The number of hydrogen-bond acceptors (Lipinski definition) is 3. The molecule has 0 saturated heterocycles. The van der Waals surface area contributed by atoms with Crippen molar-refractivity contribution in [3.8, 4) is 0 Å². The lowest BCUT2D eigenvalue weighted by molar-refractivity contribution is 0.0937. The van der Waals surface area contributed by atoms with Crippen molar-refractivity contribution < 1.29 is 9.53 Å². The highest BCUT2D eigenvalue weighted by Gasteiger charge is 2.03. The summed E-state index contributed by atoms with van der Waals surface area (Å²) in [6.45, 7) is 3.97. The summed E-state index contributed by atoms with van der Waals surface area (Å²) >= 11 is 0. The molecule has 0 unspecified atom stereocenters. The van der Waals surface area contributed by atoms with Crippen LogP contribution >= 0.6 is 0 Å². The number of hydrogen-bond donors (Lipinski definition) is 2. The van der Waals surface area contributed by atoms with E-state index in [1.54, 1.807) is 19.2 Å². The van der Waals surface area contributed by atoms with Gasteiger partial charge in [0.15, 0.2) is 0 Å². The molecule has 0 heterocycles. The summed E-state index contributed by atoms with van der Waals surface area (Å²) in [6, 6.07) is 7.41. The minimum atomic E-state index is -0.0694. The Morgan fingerprint density at radius 3 is 2.56 bits per heavy atom. The third-order valence-corrected chi connectivity index (χ3v) is 2.12. The monoisotopic (exact) mass is 222 g/mol. The van der Waals surface area contributed by atoms with E-state index in [0.29, 0.717) is 18.7 Å². The minimum absolute atomic E-state index is 0.0694. The standard InChI is InChI=1S/C12H18N2O2/c1-3-13-11-6-4-10(5-7-11)12(15)14-8-9-16-2/h4-7,13H,3,8-9H2,1-2H3,(H,14,15). The van der Waals surface area contributed by atoms with Crippen molar-refractivity contribution in [1.29, 1.82) is 0 Å². The fraction of sp³-hybridized carbons (Fsp3) is 0.417. The smallest absolute Gasteiger partial charge is 0.251 e. The lowest BCUT2D eigenvalue weighted by Crippen LogP contribution is -2.26. The van der Waals surface area contributed by atoms with Crippen LogP contribution in [0.1, 0.15) is 17.3 Å². The second-order valence-electron chi connectivity index (χ2n) is 3.36. The number of benzene rings is 1. The van der Waals surface area contributed by atoms with Crippen molar-refractivity contribution in [2.24, 2.45) is 0 Å². The Labute approximate surface area is 96.0 Å². The van der Waals surface area contributed by atoms with E-state index in [1.165, 1.54) is 0 Å². The number of methoxy groups -OCH3 is 1. The molecular formula is C12H18N2O2. The van der Waals surface area contributed by atoms with Crippen molar-refractivity contribution in [2.75, 3.05) is 32.1 Å². The molecule has 0 aliphatic carbocycles. The molecule has 0 spiro atoms. The second-order valence-corrected chi connectivity index (χ2v) is 3.36. The summed E-state index contributed by atoms with van der Waals surface area (Å²) in [7, 11) is 1.61. The Kier molecular flexibility index (Phi) is 5.36. The van der Waals surface area contributed by atoms with Crippen LogP contribution in [-0.4, -0.2) is 32.7 Å². The zero-order chi connectivity index (χ0) is 11.8. The molecule has 0 saturated carbocycles. The number of amides is 1. The zero-order valence-corrected chi connectivity index (χ0v) is 9.75. The molecule has 0 aliphatic heterocycles. The van der Waals surface area contributed by atoms with E-state index in [0.717, 1.165) is 12.2 Å². The first-order valence-corrected chi connectivity index (χ1v) is 5.39. The Morgan fingerprint density at radius 2 is 2.00 bits per heavy atom.